The Labute approximate surface area is 129 Å². The van der Waals surface area contributed by atoms with Crippen LogP contribution in [-0.2, 0) is 9.47 Å². The highest BCUT2D eigenvalue weighted by molar-refractivity contribution is 7.21. The number of nitro groups is 1. The maximum Gasteiger partial charge on any atom is 0.349 e. The van der Waals surface area contributed by atoms with E-state index in [1.807, 2.05) is 0 Å². The predicted molar refractivity (Wildman–Crippen MR) is 80.4 cm³/mol. The van der Waals surface area contributed by atoms with Gasteiger partial charge in [0.25, 0.3) is 5.69 Å². The molecule has 1 aromatic carbocycles. The maximum atomic E-state index is 12.1. The van der Waals surface area contributed by atoms with Crippen molar-refractivity contribution in [3.8, 4) is 0 Å². The number of carbonyl (C=O) groups is 2. The summed E-state index contributed by atoms with van der Waals surface area (Å²) in [5.41, 5.74) is -0.143. The van der Waals surface area contributed by atoms with E-state index in [4.69, 9.17) is 9.47 Å². The predicted octanol–water partition coefficient (Wildman–Crippen LogP) is 3.16. The summed E-state index contributed by atoms with van der Waals surface area (Å²) in [6.07, 6.45) is 0. The van der Waals surface area contributed by atoms with Crippen LogP contribution in [0.15, 0.2) is 18.2 Å². The van der Waals surface area contributed by atoms with Crippen molar-refractivity contribution in [1.82, 2.24) is 0 Å². The lowest BCUT2D eigenvalue weighted by molar-refractivity contribution is -0.384. The summed E-state index contributed by atoms with van der Waals surface area (Å²) in [5, 5.41) is 11.2. The number of esters is 2. The lowest BCUT2D eigenvalue weighted by atomic mass is 10.1. The van der Waals surface area contributed by atoms with Gasteiger partial charge in [0.15, 0.2) is 0 Å². The van der Waals surface area contributed by atoms with Crippen molar-refractivity contribution in [2.24, 2.45) is 0 Å². The van der Waals surface area contributed by atoms with Gasteiger partial charge in [0.1, 0.15) is 4.88 Å². The van der Waals surface area contributed by atoms with Gasteiger partial charge in [0.05, 0.1) is 23.7 Å². The number of nitro benzene ring substituents is 1. The van der Waals surface area contributed by atoms with Gasteiger partial charge in [-0.25, -0.2) is 9.59 Å². The van der Waals surface area contributed by atoms with Crippen LogP contribution in [0, 0.1) is 10.1 Å². The molecule has 0 spiro atoms. The van der Waals surface area contributed by atoms with E-state index in [0.717, 1.165) is 11.3 Å². The van der Waals surface area contributed by atoms with E-state index in [1.165, 1.54) is 18.2 Å². The molecule has 0 fully saturated rings. The average molecular weight is 323 g/mol. The molecule has 0 radical (unpaired) electrons. The Balaban J connectivity index is 2.68. The van der Waals surface area contributed by atoms with E-state index in [2.05, 4.69) is 0 Å². The minimum atomic E-state index is -0.697. The standard InChI is InChI=1S/C14H13NO6S/c1-3-20-13(16)11-9-7-8(15(18)19)5-6-10(9)22-12(11)14(17)21-4-2/h5-7H,3-4H2,1-2H3. The number of hydrogen-bond acceptors (Lipinski definition) is 7. The molecule has 0 atom stereocenters. The molecular weight excluding hydrogens is 310 g/mol. The summed E-state index contributed by atoms with van der Waals surface area (Å²) < 4.78 is 10.5. The number of hydrogen-bond donors (Lipinski definition) is 0. The van der Waals surface area contributed by atoms with Crippen molar-refractivity contribution in [3.63, 3.8) is 0 Å². The second kappa shape index (κ2) is 6.52. The molecule has 2 rings (SSSR count). The van der Waals surface area contributed by atoms with Crippen LogP contribution in [0.25, 0.3) is 10.1 Å². The van der Waals surface area contributed by atoms with Gasteiger partial charge in [-0.15, -0.1) is 11.3 Å². The van der Waals surface area contributed by atoms with Crippen LogP contribution in [0.1, 0.15) is 33.9 Å². The molecule has 0 aliphatic rings. The third kappa shape index (κ3) is 2.91. The zero-order valence-electron chi connectivity index (χ0n) is 12.0. The first-order chi connectivity index (χ1) is 10.5. The maximum absolute atomic E-state index is 12.1. The fraction of sp³-hybridized carbons (Fsp3) is 0.286. The van der Waals surface area contributed by atoms with E-state index < -0.39 is 16.9 Å². The monoisotopic (exact) mass is 323 g/mol. The van der Waals surface area contributed by atoms with Crippen LogP contribution in [0.4, 0.5) is 5.69 Å². The fourth-order valence-corrected chi connectivity index (χ4v) is 3.01. The third-order valence-electron chi connectivity index (χ3n) is 2.82. The molecule has 0 saturated carbocycles. The smallest absolute Gasteiger partial charge is 0.349 e. The first-order valence-corrected chi connectivity index (χ1v) is 7.36. The highest BCUT2D eigenvalue weighted by Crippen LogP contribution is 2.34. The van der Waals surface area contributed by atoms with Crippen LogP contribution in [0.3, 0.4) is 0 Å². The minimum Gasteiger partial charge on any atom is -0.462 e. The highest BCUT2D eigenvalue weighted by atomic mass is 32.1. The third-order valence-corrected chi connectivity index (χ3v) is 3.97. The fourth-order valence-electron chi connectivity index (χ4n) is 1.95. The Hall–Kier alpha value is -2.48. The molecule has 0 bridgehead atoms. The number of thiophene rings is 1. The summed E-state index contributed by atoms with van der Waals surface area (Å²) in [4.78, 5) is 34.6. The number of non-ortho nitro benzene ring substituents is 1. The van der Waals surface area contributed by atoms with Crippen molar-refractivity contribution >= 4 is 39.0 Å². The van der Waals surface area contributed by atoms with Crippen molar-refractivity contribution in [2.75, 3.05) is 13.2 Å². The zero-order valence-corrected chi connectivity index (χ0v) is 12.8. The first-order valence-electron chi connectivity index (χ1n) is 6.54. The van der Waals surface area contributed by atoms with E-state index in [1.54, 1.807) is 13.8 Å². The number of rotatable bonds is 5. The molecule has 0 unspecified atom stereocenters. The van der Waals surface area contributed by atoms with Gasteiger partial charge in [-0.3, -0.25) is 10.1 Å². The van der Waals surface area contributed by atoms with Gasteiger partial charge in [0, 0.05) is 22.2 Å². The molecule has 116 valence electrons. The Morgan fingerprint density at radius 3 is 2.41 bits per heavy atom. The van der Waals surface area contributed by atoms with Gasteiger partial charge in [-0.1, -0.05) is 0 Å². The topological polar surface area (TPSA) is 95.7 Å². The van der Waals surface area contributed by atoms with E-state index >= 15 is 0 Å². The lowest BCUT2D eigenvalue weighted by Gasteiger charge is -2.04. The zero-order chi connectivity index (χ0) is 16.3. The van der Waals surface area contributed by atoms with Crippen molar-refractivity contribution < 1.29 is 24.0 Å². The molecule has 0 aliphatic carbocycles. The van der Waals surface area contributed by atoms with Crippen LogP contribution >= 0.6 is 11.3 Å². The Kier molecular flexibility index (Phi) is 4.71. The summed E-state index contributed by atoms with van der Waals surface area (Å²) in [7, 11) is 0. The van der Waals surface area contributed by atoms with Crippen LogP contribution in [-0.4, -0.2) is 30.1 Å². The van der Waals surface area contributed by atoms with Crippen molar-refractivity contribution in [1.29, 1.82) is 0 Å². The number of benzene rings is 1. The quantitative estimate of drug-likeness (QED) is 0.476. The van der Waals surface area contributed by atoms with Crippen LogP contribution < -0.4 is 0 Å². The molecule has 0 N–H and O–H groups in total. The second-order valence-electron chi connectivity index (χ2n) is 4.18. The number of fused-ring (bicyclic) bond motifs is 1. The molecule has 8 heteroatoms. The van der Waals surface area contributed by atoms with Gasteiger partial charge in [0.2, 0.25) is 0 Å². The van der Waals surface area contributed by atoms with E-state index in [0.29, 0.717) is 10.1 Å². The lowest BCUT2D eigenvalue weighted by Crippen LogP contribution is -2.11. The molecule has 1 aromatic heterocycles. The number of ether oxygens (including phenoxy) is 2. The Bertz CT molecular complexity index is 751. The SMILES string of the molecule is CCOC(=O)c1sc2ccc([N+](=O)[O-])cc2c1C(=O)OCC. The largest absolute Gasteiger partial charge is 0.462 e. The minimum absolute atomic E-state index is 0.0176. The normalized spacial score (nSPS) is 10.5. The average Bonchev–Trinajstić information content (AvgIpc) is 2.86. The molecule has 0 saturated heterocycles. The number of nitrogens with zero attached hydrogens (tertiary/aromatic N) is 1. The summed E-state index contributed by atoms with van der Waals surface area (Å²) in [5.74, 6) is -1.34. The van der Waals surface area contributed by atoms with Gasteiger partial charge >= 0.3 is 11.9 Å². The molecule has 7 nitrogen and oxygen atoms in total. The summed E-state index contributed by atoms with van der Waals surface area (Å²) in [6, 6.07) is 4.09. The molecule has 1 heterocycles. The van der Waals surface area contributed by atoms with Crippen LogP contribution in [0.2, 0.25) is 0 Å². The van der Waals surface area contributed by atoms with Crippen LogP contribution in [0.5, 0.6) is 0 Å². The van der Waals surface area contributed by atoms with E-state index in [9.17, 15) is 19.7 Å². The molecule has 22 heavy (non-hydrogen) atoms. The van der Waals surface area contributed by atoms with Crippen molar-refractivity contribution in [3.05, 3.63) is 38.8 Å². The molecule has 0 aliphatic heterocycles. The first kappa shape index (κ1) is 15.9. The summed E-state index contributed by atoms with van der Waals surface area (Å²) in [6.45, 7) is 3.59. The summed E-state index contributed by atoms with van der Waals surface area (Å²) >= 11 is 1.05. The second-order valence-corrected chi connectivity index (χ2v) is 5.24. The number of carbonyl (C=O) groups excluding carboxylic acids is 2. The molecule has 2 aromatic rings. The van der Waals surface area contributed by atoms with Gasteiger partial charge in [-0.2, -0.15) is 0 Å². The van der Waals surface area contributed by atoms with Gasteiger partial charge < -0.3 is 9.47 Å². The highest BCUT2D eigenvalue weighted by Gasteiger charge is 2.26. The van der Waals surface area contributed by atoms with Crippen molar-refractivity contribution in [2.45, 2.75) is 13.8 Å². The van der Waals surface area contributed by atoms with E-state index in [-0.39, 0.29) is 29.3 Å². The van der Waals surface area contributed by atoms with Gasteiger partial charge in [-0.05, 0) is 19.9 Å². The molecular formula is C14H13NO6S. The Morgan fingerprint density at radius 2 is 1.82 bits per heavy atom. The molecule has 0 amide bonds. The Morgan fingerprint density at radius 1 is 1.18 bits per heavy atom.